The maximum absolute atomic E-state index is 12.2. The minimum atomic E-state index is -0.981. The van der Waals surface area contributed by atoms with Crippen molar-refractivity contribution < 1.29 is 52.8 Å². The molecule has 0 unspecified atom stereocenters. The Bertz CT molecular complexity index is 1490. The zero-order chi connectivity index (χ0) is 38.3. The highest BCUT2D eigenvalue weighted by Crippen LogP contribution is 2.22. The Morgan fingerprint density at radius 1 is 0.804 bits per heavy atom. The Morgan fingerprint density at radius 2 is 1.25 bits per heavy atom. The summed E-state index contributed by atoms with van der Waals surface area (Å²) in [5.74, 6) is -3.63. The van der Waals surface area contributed by atoms with Crippen molar-refractivity contribution in [2.75, 3.05) is 25.3 Å². The third kappa shape index (κ3) is 21.9. The van der Waals surface area contributed by atoms with Gasteiger partial charge < -0.3 is 40.4 Å². The SMILES string of the molecule is C.COC(=O)c1cc(Br)ccc1N.COC(=O)c1cc(Br)ccc1NC(=O)[C@@H](C)NC(=O)OC(C)(C)C.C[C@H](CC(=O)OC(C)(C)C)C(=O)O.S. The molecule has 2 aromatic rings. The lowest BCUT2D eigenvalue weighted by molar-refractivity contribution is -0.159. The van der Waals surface area contributed by atoms with E-state index in [0.717, 1.165) is 4.47 Å². The van der Waals surface area contributed by atoms with Gasteiger partial charge in [-0.1, -0.05) is 46.2 Å². The number of carbonyl (C=O) groups is 6. The molecule has 0 aromatic heterocycles. The molecule has 2 rings (SSSR count). The van der Waals surface area contributed by atoms with E-state index in [9.17, 15) is 28.8 Å². The van der Waals surface area contributed by atoms with Gasteiger partial charge in [-0.15, -0.1) is 0 Å². The molecule has 0 bridgehead atoms. The van der Waals surface area contributed by atoms with Crippen LogP contribution in [0.15, 0.2) is 45.3 Å². The number of aliphatic carboxylic acids is 1. The Labute approximate surface area is 323 Å². The molecule has 0 fully saturated rings. The summed E-state index contributed by atoms with van der Waals surface area (Å²) in [4.78, 5) is 68.2. The van der Waals surface area contributed by atoms with Gasteiger partial charge in [0, 0.05) is 14.6 Å². The van der Waals surface area contributed by atoms with Crippen molar-refractivity contribution in [3.8, 4) is 0 Å². The van der Waals surface area contributed by atoms with Gasteiger partial charge in [0.1, 0.15) is 17.2 Å². The van der Waals surface area contributed by atoms with E-state index in [4.69, 9.17) is 25.1 Å². The predicted octanol–water partition coefficient (Wildman–Crippen LogP) is 7.09. The lowest BCUT2D eigenvalue weighted by Crippen LogP contribution is -2.44. The van der Waals surface area contributed by atoms with Gasteiger partial charge in [-0.3, -0.25) is 14.4 Å². The molecule has 0 spiro atoms. The molecule has 0 saturated carbocycles. The number of esters is 3. The molecule has 0 radical (unpaired) electrons. The minimum absolute atomic E-state index is 0. The van der Waals surface area contributed by atoms with Gasteiger partial charge in [0.15, 0.2) is 0 Å². The quantitative estimate of drug-likeness (QED) is 0.119. The van der Waals surface area contributed by atoms with E-state index in [1.165, 1.54) is 34.1 Å². The molecule has 2 atom stereocenters. The number of carbonyl (C=O) groups excluding carboxylic acids is 5. The van der Waals surface area contributed by atoms with E-state index in [-0.39, 0.29) is 38.6 Å². The number of hydrogen-bond acceptors (Lipinski definition) is 11. The fraction of sp³-hybridized carbons (Fsp3) is 0.471. The number of nitrogens with one attached hydrogen (secondary N) is 2. The molecule has 0 aliphatic rings. The molecule has 2 aromatic carbocycles. The Kier molecular flexibility index (Phi) is 23.9. The second-order valence-electron chi connectivity index (χ2n) is 12.3. The van der Waals surface area contributed by atoms with Crippen LogP contribution in [0.2, 0.25) is 0 Å². The van der Waals surface area contributed by atoms with Crippen LogP contribution < -0.4 is 16.4 Å². The topological polar surface area (TPSA) is 210 Å². The van der Waals surface area contributed by atoms with E-state index in [1.807, 2.05) is 0 Å². The number of halogens is 2. The lowest BCUT2D eigenvalue weighted by atomic mass is 10.1. The van der Waals surface area contributed by atoms with Crippen LogP contribution in [0.25, 0.3) is 0 Å². The number of benzene rings is 2. The molecule has 14 nitrogen and oxygen atoms in total. The average molecular weight is 870 g/mol. The molecule has 51 heavy (non-hydrogen) atoms. The van der Waals surface area contributed by atoms with Crippen LogP contribution in [0.5, 0.6) is 0 Å². The van der Waals surface area contributed by atoms with Gasteiger partial charge in [0.25, 0.3) is 0 Å². The Balaban J connectivity index is -0.000000726. The summed E-state index contributed by atoms with van der Waals surface area (Å²) in [5.41, 5.74) is 5.62. The third-order valence-electron chi connectivity index (χ3n) is 5.51. The highest BCUT2D eigenvalue weighted by Gasteiger charge is 2.23. The van der Waals surface area contributed by atoms with Crippen LogP contribution in [-0.2, 0) is 33.3 Å². The second kappa shape index (κ2) is 23.6. The summed E-state index contributed by atoms with van der Waals surface area (Å²) < 4.78 is 20.7. The Hall–Kier alpha value is -3.83. The summed E-state index contributed by atoms with van der Waals surface area (Å²) in [7, 11) is 2.57. The molecule has 0 aliphatic heterocycles. The predicted molar refractivity (Wildman–Crippen MR) is 207 cm³/mol. The second-order valence-corrected chi connectivity index (χ2v) is 14.1. The summed E-state index contributed by atoms with van der Waals surface area (Å²) in [6, 6.07) is 8.96. The number of alkyl carbamates (subject to hydrolysis) is 1. The van der Waals surface area contributed by atoms with E-state index < -0.39 is 59.0 Å². The van der Waals surface area contributed by atoms with Crippen LogP contribution in [0, 0.1) is 5.92 Å². The number of carboxylic acids is 1. The average Bonchev–Trinajstić information content (AvgIpc) is 2.96. The van der Waals surface area contributed by atoms with Crippen molar-refractivity contribution in [2.45, 2.75) is 86.5 Å². The van der Waals surface area contributed by atoms with Gasteiger partial charge in [-0.05, 0) is 84.9 Å². The third-order valence-corrected chi connectivity index (χ3v) is 6.49. The van der Waals surface area contributed by atoms with Crippen LogP contribution in [0.3, 0.4) is 0 Å². The molecule has 0 aliphatic carbocycles. The monoisotopic (exact) mass is 867 g/mol. The van der Waals surface area contributed by atoms with Gasteiger partial charge in [-0.2, -0.15) is 13.5 Å². The molecule has 288 valence electrons. The number of nitrogens with two attached hydrogens (primary N) is 1. The first-order chi connectivity index (χ1) is 22.4. The maximum Gasteiger partial charge on any atom is 0.408 e. The van der Waals surface area contributed by atoms with Crippen LogP contribution in [0.4, 0.5) is 16.2 Å². The van der Waals surface area contributed by atoms with Crippen molar-refractivity contribution in [2.24, 2.45) is 5.92 Å². The summed E-state index contributed by atoms with van der Waals surface area (Å²) in [6.07, 6.45) is -0.777. The van der Waals surface area contributed by atoms with Gasteiger partial charge in [-0.25, -0.2) is 14.4 Å². The highest BCUT2D eigenvalue weighted by molar-refractivity contribution is 9.10. The minimum Gasteiger partial charge on any atom is -0.481 e. The van der Waals surface area contributed by atoms with Crippen LogP contribution in [0.1, 0.15) is 90.0 Å². The first-order valence-electron chi connectivity index (χ1n) is 14.7. The van der Waals surface area contributed by atoms with Crippen molar-refractivity contribution in [1.29, 1.82) is 0 Å². The van der Waals surface area contributed by atoms with Gasteiger partial charge in [0.05, 0.1) is 43.4 Å². The van der Waals surface area contributed by atoms with E-state index >= 15 is 0 Å². The normalized spacial score (nSPS) is 11.4. The largest absolute Gasteiger partial charge is 0.481 e. The highest BCUT2D eigenvalue weighted by atomic mass is 79.9. The molecule has 0 heterocycles. The number of hydrogen-bond donors (Lipinski definition) is 4. The lowest BCUT2D eigenvalue weighted by Gasteiger charge is -2.22. The van der Waals surface area contributed by atoms with E-state index in [0.29, 0.717) is 15.7 Å². The summed E-state index contributed by atoms with van der Waals surface area (Å²) in [5, 5.41) is 13.5. The van der Waals surface area contributed by atoms with Crippen molar-refractivity contribution >= 4 is 92.6 Å². The molecule has 2 amide bonds. The molecule has 0 saturated heterocycles. The number of amides is 2. The number of carboxylic acid groups (broad SMARTS) is 1. The fourth-order valence-electron chi connectivity index (χ4n) is 3.23. The zero-order valence-electron chi connectivity index (χ0n) is 29.7. The molecular formula is C34H51Br2N3O11S. The number of nitrogen functional groups attached to an aromatic ring is 1. The Morgan fingerprint density at radius 3 is 1.71 bits per heavy atom. The zero-order valence-corrected chi connectivity index (χ0v) is 33.9. The molecule has 17 heteroatoms. The number of ether oxygens (including phenoxy) is 4. The van der Waals surface area contributed by atoms with Gasteiger partial charge >= 0.3 is 30.0 Å². The first kappa shape index (κ1) is 51.5. The van der Waals surface area contributed by atoms with Crippen molar-refractivity contribution in [3.05, 3.63) is 56.5 Å². The van der Waals surface area contributed by atoms with E-state index in [2.05, 4.69) is 47.2 Å². The number of anilines is 2. The van der Waals surface area contributed by atoms with Gasteiger partial charge in [0.2, 0.25) is 5.91 Å². The van der Waals surface area contributed by atoms with E-state index in [1.54, 1.807) is 71.9 Å². The number of methoxy groups -OCH3 is 2. The van der Waals surface area contributed by atoms with Crippen molar-refractivity contribution in [3.63, 3.8) is 0 Å². The van der Waals surface area contributed by atoms with Crippen LogP contribution in [-0.4, -0.2) is 72.4 Å². The molecular weight excluding hydrogens is 818 g/mol. The first-order valence-corrected chi connectivity index (χ1v) is 16.3. The van der Waals surface area contributed by atoms with Crippen molar-refractivity contribution in [1.82, 2.24) is 5.32 Å². The summed E-state index contributed by atoms with van der Waals surface area (Å²) >= 11 is 6.49. The fourth-order valence-corrected chi connectivity index (χ4v) is 3.95. The van der Waals surface area contributed by atoms with Crippen LogP contribution >= 0.6 is 45.4 Å². The maximum atomic E-state index is 12.2. The summed E-state index contributed by atoms with van der Waals surface area (Å²) in [6.45, 7) is 13.4. The number of rotatable bonds is 8. The molecule has 5 N–H and O–H groups in total. The smallest absolute Gasteiger partial charge is 0.408 e. The standard InChI is InChI=1S/C16H21BrN2O5.C9H16O4.C8H8BrNO2.CH4.H2S/c1-9(18-15(22)24-16(2,3)4)13(20)19-12-7-6-10(17)8-11(12)14(21)23-5;1-6(8(11)12)5-7(10)13-9(2,3)4;1-12-8(11)6-4-5(9)2-3-7(6)10;;/h6-9H,1-5H3,(H,18,22)(H,19,20);6H,5H2,1-4H3,(H,11,12);2-4H,10H2,1H3;1H4;1H2/t9-;6-;;;/m11.../s1.